The number of carbonyl (C=O) groups is 1. The van der Waals surface area contributed by atoms with Crippen LogP contribution in [-0.2, 0) is 36.8 Å². The second-order valence-corrected chi connectivity index (χ2v) is 9.98. The third-order valence-corrected chi connectivity index (χ3v) is 7.06. The van der Waals surface area contributed by atoms with Gasteiger partial charge in [-0.25, -0.2) is 13.9 Å². The van der Waals surface area contributed by atoms with Crippen molar-refractivity contribution in [2.45, 2.75) is 38.1 Å². The van der Waals surface area contributed by atoms with Crippen LogP contribution in [0.1, 0.15) is 18.2 Å². The molecule has 0 radical (unpaired) electrons. The molecule has 6 atom stereocenters. The summed E-state index contributed by atoms with van der Waals surface area (Å²) in [6, 6.07) is 0. The number of hydrogen-bond donors (Lipinski definition) is 5. The number of carbonyl (C=O) groups excluding carboxylic acids is 1. The zero-order chi connectivity index (χ0) is 24.6. The Morgan fingerprint density at radius 1 is 1.24 bits per heavy atom. The Hall–Kier alpha value is -1.97. The number of aliphatic hydroxyl groups excluding tert-OH is 2. The molecule has 1 aromatic rings. The molecule has 0 saturated carbocycles. The van der Waals surface area contributed by atoms with Gasteiger partial charge < -0.3 is 29.5 Å². The van der Waals surface area contributed by atoms with E-state index in [9.17, 15) is 43.5 Å². The molecule has 5 N–H and O–H groups in total. The Morgan fingerprint density at radius 3 is 2.61 bits per heavy atom. The molecule has 2 aliphatic heterocycles. The zero-order valence-corrected chi connectivity index (χ0v) is 18.6. The lowest BCUT2D eigenvalue weighted by atomic mass is 10.2. The Balaban J connectivity index is 1.58. The third-order valence-electron chi connectivity index (χ3n) is 4.46. The minimum absolute atomic E-state index is 0.134. The van der Waals surface area contributed by atoms with Crippen LogP contribution in [0, 0.1) is 6.92 Å². The summed E-state index contributed by atoms with van der Waals surface area (Å²) in [4.78, 5) is 56.0. The van der Waals surface area contributed by atoms with Crippen molar-refractivity contribution in [3.63, 3.8) is 0 Å². The van der Waals surface area contributed by atoms with Crippen molar-refractivity contribution in [3.05, 3.63) is 44.4 Å². The van der Waals surface area contributed by atoms with E-state index in [1.807, 2.05) is 0 Å². The number of hydrogen-bond acceptors (Lipinski definition) is 12. The molecule has 1 aromatic heterocycles. The highest BCUT2D eigenvalue weighted by atomic mass is 31.3. The Kier molecular flexibility index (Phi) is 7.55. The van der Waals surface area contributed by atoms with E-state index in [1.54, 1.807) is 0 Å². The maximum atomic E-state index is 12.0. The van der Waals surface area contributed by atoms with Gasteiger partial charge in [-0.05, 0) is 6.92 Å². The van der Waals surface area contributed by atoms with E-state index in [0.29, 0.717) is 6.08 Å². The molecule has 16 nitrogen and oxygen atoms in total. The van der Waals surface area contributed by atoms with Crippen molar-refractivity contribution >= 4 is 21.4 Å². The van der Waals surface area contributed by atoms with Gasteiger partial charge >= 0.3 is 21.3 Å². The van der Waals surface area contributed by atoms with Crippen molar-refractivity contribution < 1.29 is 56.8 Å². The lowest BCUT2D eigenvalue weighted by Gasteiger charge is -2.23. The van der Waals surface area contributed by atoms with Crippen LogP contribution in [0.5, 0.6) is 0 Å². The fraction of sp³-hybridized carbons (Fsp3) is 0.533. The van der Waals surface area contributed by atoms with E-state index in [2.05, 4.69) is 18.3 Å². The number of H-pyrrole nitrogens is 1. The molecule has 3 rings (SSSR count). The first kappa shape index (κ1) is 25.6. The number of Topliss-reactive ketones (excluding diaryl/α,β-unsaturated/α-hetero) is 1. The third kappa shape index (κ3) is 6.55. The van der Waals surface area contributed by atoms with Gasteiger partial charge in [0.05, 0.1) is 12.7 Å². The van der Waals surface area contributed by atoms with Gasteiger partial charge in [0.1, 0.15) is 18.9 Å². The Morgan fingerprint density at radius 2 is 1.94 bits per heavy atom. The van der Waals surface area contributed by atoms with Crippen molar-refractivity contribution in [3.8, 4) is 0 Å². The van der Waals surface area contributed by atoms with Crippen LogP contribution in [0.25, 0.3) is 0 Å². The van der Waals surface area contributed by atoms with Crippen molar-refractivity contribution in [2.75, 3.05) is 13.2 Å². The standard InChI is InChI=1S/C15H20N2O14P2/c1-7-4-17(15(22)16-14(7)21)12-2-9(19)11(29-12)6-28-32(23,24)31-33(25,26)30-13-3-8(18)10(20)5-27-13/h3-4,9,11-13,18-19H,2,5-6H2,1H3,(H,23,24)(H,25,26)(H,16,21,22)/t9-,11+,12+,13+/m0/s1. The van der Waals surface area contributed by atoms with E-state index < -0.39 is 76.4 Å². The van der Waals surface area contributed by atoms with Gasteiger partial charge in [0.15, 0.2) is 12.0 Å². The summed E-state index contributed by atoms with van der Waals surface area (Å²) in [5, 5.41) is 19.4. The first-order valence-electron chi connectivity index (χ1n) is 9.17. The minimum Gasteiger partial charge on any atom is -0.504 e. The van der Waals surface area contributed by atoms with Gasteiger partial charge in [-0.15, -0.1) is 0 Å². The number of ketones is 1. The normalized spacial score (nSPS) is 29.3. The summed E-state index contributed by atoms with van der Waals surface area (Å²) in [6.45, 7) is -0.0172. The van der Waals surface area contributed by atoms with E-state index in [-0.39, 0.29) is 12.0 Å². The quantitative estimate of drug-likeness (QED) is 0.265. The van der Waals surface area contributed by atoms with Gasteiger partial charge in [0.25, 0.3) is 5.56 Å². The molecule has 33 heavy (non-hydrogen) atoms. The average Bonchev–Trinajstić information content (AvgIpc) is 3.05. The number of ether oxygens (including phenoxy) is 2. The summed E-state index contributed by atoms with van der Waals surface area (Å²) in [5.74, 6) is -1.61. The van der Waals surface area contributed by atoms with E-state index in [1.165, 1.54) is 13.1 Å². The summed E-state index contributed by atoms with van der Waals surface area (Å²) in [6.07, 6.45) is -3.55. The predicted octanol–water partition coefficient (Wildman–Crippen LogP) is -0.889. The number of aromatic nitrogens is 2. The van der Waals surface area contributed by atoms with Crippen LogP contribution in [0.4, 0.5) is 0 Å². The SMILES string of the molecule is Cc1cn([C@H]2C[C@H](O)[C@@H](COP(=O)(O)OP(=O)(O)O[C@@H]3C=C(O)C(=O)CO3)O2)c(=O)[nH]c1=O. The number of rotatable bonds is 8. The first-order chi connectivity index (χ1) is 15.3. The highest BCUT2D eigenvalue weighted by molar-refractivity contribution is 7.61. The number of phosphoric acid groups is 2. The Bertz CT molecular complexity index is 1160. The summed E-state index contributed by atoms with van der Waals surface area (Å²) < 4.78 is 48.3. The predicted molar refractivity (Wildman–Crippen MR) is 104 cm³/mol. The number of phosphoric ester groups is 2. The molecular weight excluding hydrogens is 494 g/mol. The molecule has 0 amide bonds. The maximum Gasteiger partial charge on any atom is 0.483 e. The number of aryl methyl sites for hydroxylation is 1. The number of nitrogens with one attached hydrogen (secondary N) is 1. The molecule has 2 aliphatic rings. The molecular formula is C15H20N2O14P2. The van der Waals surface area contributed by atoms with Crippen LogP contribution in [0.2, 0.25) is 0 Å². The number of nitrogens with zero attached hydrogens (tertiary/aromatic N) is 1. The molecule has 2 unspecified atom stereocenters. The molecule has 3 heterocycles. The maximum absolute atomic E-state index is 12.0. The van der Waals surface area contributed by atoms with Crippen LogP contribution < -0.4 is 11.2 Å². The van der Waals surface area contributed by atoms with E-state index >= 15 is 0 Å². The van der Waals surface area contributed by atoms with E-state index in [0.717, 1.165) is 4.57 Å². The molecule has 0 bridgehead atoms. The monoisotopic (exact) mass is 514 g/mol. The molecule has 1 fully saturated rings. The fourth-order valence-electron chi connectivity index (χ4n) is 2.87. The van der Waals surface area contributed by atoms with E-state index in [4.69, 9.17) is 9.47 Å². The number of aliphatic hydroxyl groups is 2. The lowest BCUT2D eigenvalue weighted by molar-refractivity contribution is -0.135. The average molecular weight is 514 g/mol. The summed E-state index contributed by atoms with van der Waals surface area (Å²) >= 11 is 0. The van der Waals surface area contributed by atoms with Gasteiger partial charge in [-0.1, -0.05) is 0 Å². The molecule has 184 valence electrons. The second-order valence-electron chi connectivity index (χ2n) is 6.99. The van der Waals surface area contributed by atoms with Gasteiger partial charge in [-0.2, -0.15) is 4.31 Å². The highest BCUT2D eigenvalue weighted by Crippen LogP contribution is 2.61. The smallest absolute Gasteiger partial charge is 0.483 e. The van der Waals surface area contributed by atoms with Crippen molar-refractivity contribution in [2.24, 2.45) is 0 Å². The molecule has 0 aliphatic carbocycles. The first-order valence-corrected chi connectivity index (χ1v) is 12.2. The molecule has 0 spiro atoms. The summed E-state index contributed by atoms with van der Waals surface area (Å²) in [5.41, 5.74) is -1.20. The highest BCUT2D eigenvalue weighted by Gasteiger charge is 2.41. The largest absolute Gasteiger partial charge is 0.504 e. The fourth-order valence-corrected chi connectivity index (χ4v) is 4.98. The van der Waals surface area contributed by atoms with Gasteiger partial charge in [0.2, 0.25) is 5.78 Å². The van der Waals surface area contributed by atoms with Crippen LogP contribution in [-0.4, -0.2) is 67.0 Å². The molecule has 1 saturated heterocycles. The topological polar surface area (TPSA) is 233 Å². The minimum atomic E-state index is -5.29. The van der Waals surface area contributed by atoms with Gasteiger partial charge in [-0.3, -0.25) is 28.2 Å². The molecule has 0 aromatic carbocycles. The lowest BCUT2D eigenvalue weighted by Crippen LogP contribution is -2.33. The van der Waals surface area contributed by atoms with Crippen molar-refractivity contribution in [1.82, 2.24) is 9.55 Å². The Labute approximate surface area is 184 Å². The summed E-state index contributed by atoms with van der Waals surface area (Å²) in [7, 11) is -10.5. The van der Waals surface area contributed by atoms with Crippen LogP contribution in [0.15, 0.2) is 27.6 Å². The van der Waals surface area contributed by atoms with Crippen LogP contribution >= 0.6 is 15.6 Å². The van der Waals surface area contributed by atoms with Gasteiger partial charge in [0, 0.05) is 24.3 Å². The number of aromatic amines is 1. The van der Waals surface area contributed by atoms with Crippen LogP contribution in [0.3, 0.4) is 0 Å². The second kappa shape index (κ2) is 9.72. The van der Waals surface area contributed by atoms with Crippen molar-refractivity contribution in [1.29, 1.82) is 0 Å². The molecule has 18 heteroatoms. The zero-order valence-electron chi connectivity index (χ0n) is 16.8.